The van der Waals surface area contributed by atoms with Crippen molar-refractivity contribution < 1.29 is 0 Å². The quantitative estimate of drug-likeness (QED) is 0.553. The van der Waals surface area contributed by atoms with Gasteiger partial charge in [0.2, 0.25) is 0 Å². The molecule has 0 heterocycles. The van der Waals surface area contributed by atoms with Gasteiger partial charge in [-0.15, -0.1) is 0 Å². The van der Waals surface area contributed by atoms with Crippen LogP contribution in [0, 0.1) is 11.8 Å². The van der Waals surface area contributed by atoms with Crippen molar-refractivity contribution in [1.82, 2.24) is 10.6 Å². The molecule has 0 atom stereocenters. The molecule has 0 spiro atoms. The highest BCUT2D eigenvalue weighted by molar-refractivity contribution is 5.79. The number of rotatable bonds is 3. The van der Waals surface area contributed by atoms with Crippen molar-refractivity contribution in [2.75, 3.05) is 20.6 Å². The van der Waals surface area contributed by atoms with Gasteiger partial charge >= 0.3 is 0 Å². The first-order valence-electron chi connectivity index (χ1n) is 6.18. The molecule has 3 nitrogen and oxygen atoms in total. The predicted molar refractivity (Wildman–Crippen MR) is 66.2 cm³/mol. The summed E-state index contributed by atoms with van der Waals surface area (Å²) in [6.07, 6.45) is 6.96. The maximum absolute atomic E-state index is 4.12. The van der Waals surface area contributed by atoms with Gasteiger partial charge in [0.05, 0.1) is 0 Å². The van der Waals surface area contributed by atoms with E-state index in [-0.39, 0.29) is 0 Å². The van der Waals surface area contributed by atoms with Gasteiger partial charge in [-0.3, -0.25) is 4.99 Å². The minimum atomic E-state index is 0.845. The molecule has 1 fully saturated rings. The van der Waals surface area contributed by atoms with E-state index in [0.29, 0.717) is 0 Å². The van der Waals surface area contributed by atoms with E-state index in [2.05, 4.69) is 22.5 Å². The molecule has 3 heteroatoms. The fraction of sp³-hybridized carbons (Fsp3) is 0.917. The Bertz CT molecular complexity index is 193. The van der Waals surface area contributed by atoms with Crippen LogP contribution in [-0.2, 0) is 0 Å². The first-order chi connectivity index (χ1) is 7.30. The number of guanidine groups is 1. The lowest BCUT2D eigenvalue weighted by Gasteiger charge is -2.28. The second-order valence-corrected chi connectivity index (χ2v) is 4.50. The average Bonchev–Trinajstić information content (AvgIpc) is 2.31. The molecular formula is C12H25N3. The largest absolute Gasteiger partial charge is 0.359 e. The molecule has 0 bridgehead atoms. The number of hydrogen-bond donors (Lipinski definition) is 2. The minimum Gasteiger partial charge on any atom is -0.359 e. The topological polar surface area (TPSA) is 36.4 Å². The predicted octanol–water partition coefficient (Wildman–Crippen LogP) is 2.00. The van der Waals surface area contributed by atoms with E-state index in [1.807, 2.05) is 14.1 Å². The van der Waals surface area contributed by atoms with E-state index in [0.717, 1.165) is 24.3 Å². The molecule has 0 amide bonds. The molecule has 0 aliphatic heterocycles. The lowest BCUT2D eigenvalue weighted by Crippen LogP contribution is -2.38. The molecule has 1 aliphatic carbocycles. The summed E-state index contributed by atoms with van der Waals surface area (Å²) >= 11 is 0. The molecule has 0 aromatic rings. The highest BCUT2D eigenvalue weighted by Crippen LogP contribution is 2.29. The Balaban J connectivity index is 2.18. The van der Waals surface area contributed by atoms with Crippen molar-refractivity contribution >= 4 is 5.96 Å². The molecule has 1 rings (SSSR count). The molecule has 0 saturated heterocycles. The molecule has 88 valence electrons. The van der Waals surface area contributed by atoms with Crippen LogP contribution in [-0.4, -0.2) is 26.6 Å². The molecule has 2 N–H and O–H groups in total. The van der Waals surface area contributed by atoms with Crippen LogP contribution in [0.2, 0.25) is 0 Å². The number of hydrogen-bond acceptors (Lipinski definition) is 1. The number of nitrogens with zero attached hydrogens (tertiary/aromatic N) is 1. The van der Waals surface area contributed by atoms with Gasteiger partial charge in [0.25, 0.3) is 0 Å². The highest BCUT2D eigenvalue weighted by atomic mass is 15.1. The summed E-state index contributed by atoms with van der Waals surface area (Å²) in [6.45, 7) is 3.38. The van der Waals surface area contributed by atoms with Gasteiger partial charge in [-0.05, 0) is 24.7 Å². The standard InChI is InChI=1S/C12H25N3/c1-4-10-5-7-11(8-6-10)9-15-12(13-2)14-3/h10-11H,4-9H2,1-3H3,(H2,13,14,15). The van der Waals surface area contributed by atoms with Gasteiger partial charge in [0.15, 0.2) is 5.96 Å². The van der Waals surface area contributed by atoms with Crippen LogP contribution < -0.4 is 10.6 Å². The first kappa shape index (κ1) is 12.3. The third kappa shape index (κ3) is 4.10. The smallest absolute Gasteiger partial charge is 0.190 e. The van der Waals surface area contributed by atoms with E-state index < -0.39 is 0 Å². The highest BCUT2D eigenvalue weighted by Gasteiger charge is 2.19. The Hall–Kier alpha value is -0.730. The summed E-state index contributed by atoms with van der Waals surface area (Å²) in [5, 5.41) is 6.41. The average molecular weight is 211 g/mol. The molecule has 1 saturated carbocycles. The molecule has 0 aromatic heterocycles. The van der Waals surface area contributed by atoms with Crippen molar-refractivity contribution in [2.45, 2.75) is 39.0 Å². The second kappa shape index (κ2) is 6.70. The van der Waals surface area contributed by atoms with Gasteiger partial charge in [0.1, 0.15) is 0 Å². The third-order valence-corrected chi connectivity index (χ3v) is 3.56. The van der Waals surface area contributed by atoms with Crippen molar-refractivity contribution in [3.05, 3.63) is 0 Å². The van der Waals surface area contributed by atoms with Crippen LogP contribution in [0.25, 0.3) is 0 Å². The van der Waals surface area contributed by atoms with Crippen LogP contribution in [0.4, 0.5) is 0 Å². The van der Waals surface area contributed by atoms with Crippen molar-refractivity contribution in [1.29, 1.82) is 0 Å². The molecule has 0 unspecified atom stereocenters. The number of nitrogens with one attached hydrogen (secondary N) is 2. The van der Waals surface area contributed by atoms with Crippen molar-refractivity contribution in [3.63, 3.8) is 0 Å². The summed E-state index contributed by atoms with van der Waals surface area (Å²) in [5.41, 5.74) is 0. The third-order valence-electron chi connectivity index (χ3n) is 3.56. The summed E-state index contributed by atoms with van der Waals surface area (Å²) in [6, 6.07) is 0. The van der Waals surface area contributed by atoms with Crippen LogP contribution in [0.5, 0.6) is 0 Å². The Labute approximate surface area is 93.7 Å². The van der Waals surface area contributed by atoms with E-state index in [1.165, 1.54) is 32.1 Å². The lowest BCUT2D eigenvalue weighted by atomic mass is 9.81. The molecule has 0 aromatic carbocycles. The van der Waals surface area contributed by atoms with E-state index in [9.17, 15) is 0 Å². The molecule has 1 aliphatic rings. The van der Waals surface area contributed by atoms with Crippen molar-refractivity contribution in [2.24, 2.45) is 16.8 Å². The summed E-state index contributed by atoms with van der Waals surface area (Å²) in [5.74, 6) is 2.75. The first-order valence-corrected chi connectivity index (χ1v) is 6.18. The normalized spacial score (nSPS) is 27.5. The van der Waals surface area contributed by atoms with Gasteiger partial charge in [0, 0.05) is 20.6 Å². The van der Waals surface area contributed by atoms with E-state index >= 15 is 0 Å². The summed E-state index contributed by atoms with van der Waals surface area (Å²) in [7, 11) is 3.72. The van der Waals surface area contributed by atoms with Crippen LogP contribution >= 0.6 is 0 Å². The molecular weight excluding hydrogens is 186 g/mol. The Morgan fingerprint density at radius 2 is 1.80 bits per heavy atom. The van der Waals surface area contributed by atoms with Crippen LogP contribution in [0.1, 0.15) is 39.0 Å². The fourth-order valence-electron chi connectivity index (χ4n) is 2.36. The zero-order chi connectivity index (χ0) is 11.1. The van der Waals surface area contributed by atoms with Gasteiger partial charge in [-0.1, -0.05) is 26.2 Å². The van der Waals surface area contributed by atoms with Gasteiger partial charge < -0.3 is 10.6 Å². The Morgan fingerprint density at radius 1 is 1.20 bits per heavy atom. The second-order valence-electron chi connectivity index (χ2n) is 4.50. The van der Waals surface area contributed by atoms with E-state index in [1.54, 1.807) is 0 Å². The summed E-state index contributed by atoms with van der Waals surface area (Å²) in [4.78, 5) is 4.12. The van der Waals surface area contributed by atoms with E-state index in [4.69, 9.17) is 0 Å². The van der Waals surface area contributed by atoms with Crippen molar-refractivity contribution in [3.8, 4) is 0 Å². The monoisotopic (exact) mass is 211 g/mol. The Morgan fingerprint density at radius 3 is 2.27 bits per heavy atom. The molecule has 15 heavy (non-hydrogen) atoms. The minimum absolute atomic E-state index is 0.845. The Kier molecular flexibility index (Phi) is 5.51. The maximum atomic E-state index is 4.12. The summed E-state index contributed by atoms with van der Waals surface area (Å²) < 4.78 is 0. The van der Waals surface area contributed by atoms with Gasteiger partial charge in [-0.2, -0.15) is 0 Å². The van der Waals surface area contributed by atoms with Crippen LogP contribution in [0.15, 0.2) is 4.99 Å². The molecule has 0 radical (unpaired) electrons. The lowest BCUT2D eigenvalue weighted by molar-refractivity contribution is 0.269. The van der Waals surface area contributed by atoms with Crippen LogP contribution in [0.3, 0.4) is 0 Å². The fourth-order valence-corrected chi connectivity index (χ4v) is 2.36. The SMILES string of the molecule is CCC1CCC(CNC(=NC)NC)CC1. The maximum Gasteiger partial charge on any atom is 0.190 e. The zero-order valence-corrected chi connectivity index (χ0v) is 10.3. The zero-order valence-electron chi connectivity index (χ0n) is 10.3. The van der Waals surface area contributed by atoms with Gasteiger partial charge in [-0.25, -0.2) is 0 Å². The number of aliphatic imine (C=N–C) groups is 1.